The Bertz CT molecular complexity index is 1490. The summed E-state index contributed by atoms with van der Waals surface area (Å²) in [6.45, 7) is 5.60. The molecule has 1 aromatic heterocycles. The summed E-state index contributed by atoms with van der Waals surface area (Å²) >= 11 is 0. The number of hydrogen-bond donors (Lipinski definition) is 2. The molecule has 6 rings (SSSR count). The molecule has 0 spiro atoms. The lowest BCUT2D eigenvalue weighted by Gasteiger charge is -2.22. The number of aryl methyl sites for hydroxylation is 1. The molecular weight excluding hydrogens is 467 g/mol. The van der Waals surface area contributed by atoms with Crippen LogP contribution >= 0.6 is 0 Å². The van der Waals surface area contributed by atoms with Gasteiger partial charge in [0.1, 0.15) is 24.0 Å². The number of fused-ring (bicyclic) bond motifs is 2. The highest BCUT2D eigenvalue weighted by Gasteiger charge is 2.25. The molecule has 0 bridgehead atoms. The second kappa shape index (κ2) is 9.63. The SMILES string of the molecule is CCc1c(C(=O)N2CCOc3ccc(-c4ccc5nc(CNC6CC6)[nH]c5c4)cc3C2)ccc(C)c1F. The van der Waals surface area contributed by atoms with Crippen LogP contribution in [-0.4, -0.2) is 40.0 Å². The smallest absolute Gasteiger partial charge is 0.254 e. The van der Waals surface area contributed by atoms with E-state index in [0.717, 1.165) is 45.8 Å². The minimum absolute atomic E-state index is 0.163. The molecule has 1 aliphatic heterocycles. The van der Waals surface area contributed by atoms with Gasteiger partial charge in [0.15, 0.2) is 0 Å². The maximum absolute atomic E-state index is 14.7. The molecular formula is C30H31FN4O2. The van der Waals surface area contributed by atoms with Crippen LogP contribution in [0.2, 0.25) is 0 Å². The van der Waals surface area contributed by atoms with E-state index in [1.807, 2.05) is 25.1 Å². The lowest BCUT2D eigenvalue weighted by Crippen LogP contribution is -2.33. The zero-order valence-corrected chi connectivity index (χ0v) is 21.2. The number of imidazole rings is 1. The first-order valence-electron chi connectivity index (χ1n) is 13.1. The summed E-state index contributed by atoms with van der Waals surface area (Å²) in [4.78, 5) is 23.4. The zero-order chi connectivity index (χ0) is 25.5. The predicted octanol–water partition coefficient (Wildman–Crippen LogP) is 5.53. The van der Waals surface area contributed by atoms with Gasteiger partial charge in [-0.25, -0.2) is 9.37 Å². The molecule has 3 aromatic carbocycles. The van der Waals surface area contributed by atoms with E-state index in [2.05, 4.69) is 28.5 Å². The molecule has 0 atom stereocenters. The van der Waals surface area contributed by atoms with Crippen molar-refractivity contribution in [3.8, 4) is 16.9 Å². The molecule has 190 valence electrons. The van der Waals surface area contributed by atoms with E-state index >= 15 is 0 Å². The number of hydrogen-bond acceptors (Lipinski definition) is 4. The highest BCUT2D eigenvalue weighted by Crippen LogP contribution is 2.31. The summed E-state index contributed by atoms with van der Waals surface area (Å²) in [5, 5.41) is 3.50. The lowest BCUT2D eigenvalue weighted by atomic mass is 9.99. The van der Waals surface area contributed by atoms with Crippen molar-refractivity contribution < 1.29 is 13.9 Å². The fraction of sp³-hybridized carbons (Fsp3) is 0.333. The van der Waals surface area contributed by atoms with Gasteiger partial charge in [-0.2, -0.15) is 0 Å². The third-order valence-corrected chi connectivity index (χ3v) is 7.35. The Morgan fingerprint density at radius 3 is 2.78 bits per heavy atom. The molecule has 0 saturated heterocycles. The molecule has 2 aliphatic rings. The number of benzene rings is 3. The number of aromatic amines is 1. The number of rotatable bonds is 6. The highest BCUT2D eigenvalue weighted by molar-refractivity contribution is 5.96. The summed E-state index contributed by atoms with van der Waals surface area (Å²) in [5.41, 5.74) is 6.46. The van der Waals surface area contributed by atoms with E-state index in [4.69, 9.17) is 9.72 Å². The minimum Gasteiger partial charge on any atom is -0.491 e. The third-order valence-electron chi connectivity index (χ3n) is 7.35. The van der Waals surface area contributed by atoms with Crippen LogP contribution in [0.5, 0.6) is 5.75 Å². The fourth-order valence-electron chi connectivity index (χ4n) is 5.06. The van der Waals surface area contributed by atoms with Crippen LogP contribution in [0.15, 0.2) is 48.5 Å². The summed E-state index contributed by atoms with van der Waals surface area (Å²) in [6.07, 6.45) is 2.96. The van der Waals surface area contributed by atoms with Gasteiger partial charge in [0.25, 0.3) is 5.91 Å². The molecule has 4 aromatic rings. The molecule has 1 amide bonds. The number of carbonyl (C=O) groups is 1. The van der Waals surface area contributed by atoms with Gasteiger partial charge in [-0.15, -0.1) is 0 Å². The number of amides is 1. The third kappa shape index (κ3) is 4.71. The number of halogens is 1. The van der Waals surface area contributed by atoms with E-state index in [0.29, 0.717) is 48.8 Å². The Balaban J connectivity index is 1.27. The first-order valence-corrected chi connectivity index (χ1v) is 13.1. The average molecular weight is 499 g/mol. The standard InChI is InChI=1S/C30H31FN4O2/c1-3-23-24(9-4-18(2)29(23)31)30(36)35-12-13-37-27-11-6-19(14-21(27)17-35)20-5-10-25-26(15-20)34-28(33-25)16-32-22-7-8-22/h4-6,9-11,14-15,22,32H,3,7-8,12-13,16-17H2,1-2H3,(H,33,34). The van der Waals surface area contributed by atoms with E-state index in [9.17, 15) is 9.18 Å². The van der Waals surface area contributed by atoms with E-state index in [1.165, 1.54) is 12.8 Å². The van der Waals surface area contributed by atoms with Crippen LogP contribution in [0.3, 0.4) is 0 Å². The maximum atomic E-state index is 14.7. The van der Waals surface area contributed by atoms with Gasteiger partial charge in [0.2, 0.25) is 0 Å². The first kappa shape index (κ1) is 23.7. The molecule has 1 saturated carbocycles. The maximum Gasteiger partial charge on any atom is 0.254 e. The zero-order valence-electron chi connectivity index (χ0n) is 21.2. The van der Waals surface area contributed by atoms with Crippen molar-refractivity contribution in [1.29, 1.82) is 0 Å². The Morgan fingerprint density at radius 2 is 1.97 bits per heavy atom. The Kier molecular flexibility index (Phi) is 6.16. The Hall–Kier alpha value is -3.71. The fourth-order valence-corrected chi connectivity index (χ4v) is 5.06. The summed E-state index contributed by atoms with van der Waals surface area (Å²) in [6, 6.07) is 16.4. The molecule has 1 aliphatic carbocycles. The van der Waals surface area contributed by atoms with Crippen molar-refractivity contribution in [2.45, 2.75) is 52.2 Å². The van der Waals surface area contributed by atoms with Crippen LogP contribution in [0, 0.1) is 12.7 Å². The number of ether oxygens (including phenoxy) is 1. The second-order valence-corrected chi connectivity index (χ2v) is 10.0. The van der Waals surface area contributed by atoms with Crippen molar-refractivity contribution in [2.24, 2.45) is 0 Å². The van der Waals surface area contributed by atoms with Crippen molar-refractivity contribution >= 4 is 16.9 Å². The van der Waals surface area contributed by atoms with Crippen molar-refractivity contribution in [3.63, 3.8) is 0 Å². The molecule has 37 heavy (non-hydrogen) atoms. The average Bonchev–Trinajstić information content (AvgIpc) is 3.69. The Morgan fingerprint density at radius 1 is 1.16 bits per heavy atom. The van der Waals surface area contributed by atoms with Crippen molar-refractivity contribution in [1.82, 2.24) is 20.2 Å². The highest BCUT2D eigenvalue weighted by atomic mass is 19.1. The Labute approximate surface area is 215 Å². The number of H-pyrrole nitrogens is 1. The quantitative estimate of drug-likeness (QED) is 0.367. The molecule has 0 radical (unpaired) electrons. The summed E-state index contributed by atoms with van der Waals surface area (Å²) in [7, 11) is 0. The van der Waals surface area contributed by atoms with E-state index in [-0.39, 0.29) is 11.7 Å². The molecule has 6 nitrogen and oxygen atoms in total. The normalized spacial score (nSPS) is 15.4. The molecule has 0 unspecified atom stereocenters. The second-order valence-electron chi connectivity index (χ2n) is 10.0. The van der Waals surface area contributed by atoms with Gasteiger partial charge in [-0.1, -0.05) is 25.1 Å². The van der Waals surface area contributed by atoms with Crippen LogP contribution in [0.25, 0.3) is 22.2 Å². The first-order chi connectivity index (χ1) is 18.0. The molecule has 1 fully saturated rings. The van der Waals surface area contributed by atoms with Crippen molar-refractivity contribution in [3.05, 3.63) is 82.4 Å². The summed E-state index contributed by atoms with van der Waals surface area (Å²) in [5.74, 6) is 1.27. The number of nitrogens with zero attached hydrogens (tertiary/aromatic N) is 2. The van der Waals surface area contributed by atoms with Gasteiger partial charge in [-0.05, 0) is 73.2 Å². The van der Waals surface area contributed by atoms with Crippen LogP contribution in [0.1, 0.15) is 52.6 Å². The lowest BCUT2D eigenvalue weighted by molar-refractivity contribution is 0.0731. The van der Waals surface area contributed by atoms with E-state index in [1.54, 1.807) is 24.0 Å². The number of carbonyl (C=O) groups excluding carboxylic acids is 1. The molecule has 2 N–H and O–H groups in total. The van der Waals surface area contributed by atoms with Crippen molar-refractivity contribution in [2.75, 3.05) is 13.2 Å². The number of nitrogens with one attached hydrogen (secondary N) is 2. The van der Waals surface area contributed by atoms with Crippen LogP contribution < -0.4 is 10.1 Å². The minimum atomic E-state index is -0.289. The van der Waals surface area contributed by atoms with E-state index < -0.39 is 0 Å². The van der Waals surface area contributed by atoms with Gasteiger partial charge in [0.05, 0.1) is 24.1 Å². The van der Waals surface area contributed by atoms with Crippen LogP contribution in [-0.2, 0) is 19.5 Å². The van der Waals surface area contributed by atoms with Gasteiger partial charge in [0, 0.05) is 29.3 Å². The monoisotopic (exact) mass is 498 g/mol. The van der Waals surface area contributed by atoms with Gasteiger partial charge >= 0.3 is 0 Å². The molecule has 7 heteroatoms. The summed E-state index contributed by atoms with van der Waals surface area (Å²) < 4.78 is 20.7. The van der Waals surface area contributed by atoms with Crippen LogP contribution in [0.4, 0.5) is 4.39 Å². The topological polar surface area (TPSA) is 70.2 Å². The number of aromatic nitrogens is 2. The molecule has 2 heterocycles. The predicted molar refractivity (Wildman–Crippen MR) is 142 cm³/mol. The largest absolute Gasteiger partial charge is 0.491 e. The van der Waals surface area contributed by atoms with Gasteiger partial charge in [-0.3, -0.25) is 4.79 Å². The van der Waals surface area contributed by atoms with Gasteiger partial charge < -0.3 is 19.9 Å².